The summed E-state index contributed by atoms with van der Waals surface area (Å²) in [6.45, 7) is 0.527. The van der Waals surface area contributed by atoms with Crippen LogP contribution in [-0.4, -0.2) is 43.5 Å². The minimum absolute atomic E-state index is 0.0153. The summed E-state index contributed by atoms with van der Waals surface area (Å²) in [6.07, 6.45) is 5.08. The van der Waals surface area contributed by atoms with Gasteiger partial charge in [-0.2, -0.15) is 5.10 Å². The Hall–Kier alpha value is -2.05. The van der Waals surface area contributed by atoms with Gasteiger partial charge in [0.25, 0.3) is 0 Å². The van der Waals surface area contributed by atoms with Gasteiger partial charge in [-0.25, -0.2) is 9.59 Å². The number of fused-ring (bicyclic) bond motifs is 1. The van der Waals surface area contributed by atoms with Gasteiger partial charge in [-0.05, 0) is 12.8 Å². The van der Waals surface area contributed by atoms with Gasteiger partial charge in [0.15, 0.2) is 5.69 Å². The highest BCUT2D eigenvalue weighted by Gasteiger charge is 2.32. The van der Waals surface area contributed by atoms with Crippen molar-refractivity contribution in [3.63, 3.8) is 0 Å². The molecule has 1 aliphatic carbocycles. The lowest BCUT2D eigenvalue weighted by Crippen LogP contribution is -2.36. The summed E-state index contributed by atoms with van der Waals surface area (Å²) in [4.78, 5) is 23.8. The number of hydrogen-bond donors (Lipinski definition) is 2. The molecule has 0 saturated heterocycles. The van der Waals surface area contributed by atoms with Crippen LogP contribution in [-0.2, 0) is 13.0 Å². The van der Waals surface area contributed by atoms with Gasteiger partial charge in [-0.15, -0.1) is 0 Å². The smallest absolute Gasteiger partial charge is 0.407 e. The van der Waals surface area contributed by atoms with Crippen LogP contribution < -0.4 is 0 Å². The summed E-state index contributed by atoms with van der Waals surface area (Å²) < 4.78 is 1.87. The predicted octanol–water partition coefficient (Wildman–Crippen LogP) is 2.12. The van der Waals surface area contributed by atoms with Gasteiger partial charge >= 0.3 is 12.1 Å². The fourth-order valence-corrected chi connectivity index (χ4v) is 3.41. The highest BCUT2D eigenvalue weighted by atomic mass is 16.4. The Morgan fingerprint density at radius 2 is 1.86 bits per heavy atom. The van der Waals surface area contributed by atoms with Crippen molar-refractivity contribution in [1.29, 1.82) is 0 Å². The SMILES string of the molecule is O=C(O)c1nn(C2CCCCC2)c2c1CN(C(=O)O)CC2. The number of carbonyl (C=O) groups is 2. The zero-order valence-electron chi connectivity index (χ0n) is 11.8. The van der Waals surface area contributed by atoms with Crippen molar-refractivity contribution in [3.8, 4) is 0 Å². The fraction of sp³-hybridized carbons (Fsp3) is 0.643. The van der Waals surface area contributed by atoms with E-state index in [1.807, 2.05) is 4.68 Å². The average molecular weight is 293 g/mol. The van der Waals surface area contributed by atoms with Gasteiger partial charge in [-0.1, -0.05) is 19.3 Å². The molecule has 1 saturated carbocycles. The van der Waals surface area contributed by atoms with Crippen LogP contribution in [0.25, 0.3) is 0 Å². The molecule has 0 bridgehead atoms. The molecule has 3 rings (SSSR count). The zero-order valence-corrected chi connectivity index (χ0v) is 11.8. The summed E-state index contributed by atoms with van der Waals surface area (Å²) in [5.74, 6) is -1.08. The number of rotatable bonds is 2. The molecule has 1 aliphatic heterocycles. The van der Waals surface area contributed by atoms with Gasteiger partial charge in [-0.3, -0.25) is 4.68 Å². The highest BCUT2D eigenvalue weighted by Crippen LogP contribution is 2.32. The van der Waals surface area contributed by atoms with Crippen LogP contribution in [0, 0.1) is 0 Å². The van der Waals surface area contributed by atoms with E-state index in [4.69, 9.17) is 5.11 Å². The Balaban J connectivity index is 1.98. The van der Waals surface area contributed by atoms with Gasteiger partial charge in [0.1, 0.15) is 0 Å². The number of carboxylic acid groups (broad SMARTS) is 2. The molecule has 0 atom stereocenters. The molecule has 1 aromatic heterocycles. The predicted molar refractivity (Wildman–Crippen MR) is 73.4 cm³/mol. The molecule has 2 N–H and O–H groups in total. The van der Waals surface area contributed by atoms with E-state index < -0.39 is 12.1 Å². The van der Waals surface area contributed by atoms with E-state index in [2.05, 4.69) is 5.10 Å². The molecular weight excluding hydrogens is 274 g/mol. The maximum atomic E-state index is 11.4. The number of nitrogens with zero attached hydrogens (tertiary/aromatic N) is 3. The first-order valence-electron chi connectivity index (χ1n) is 7.39. The first-order chi connectivity index (χ1) is 10.1. The minimum atomic E-state index is -1.08. The molecule has 0 radical (unpaired) electrons. The van der Waals surface area contributed by atoms with E-state index in [-0.39, 0.29) is 18.3 Å². The molecule has 0 aromatic carbocycles. The maximum Gasteiger partial charge on any atom is 0.407 e. The molecule has 21 heavy (non-hydrogen) atoms. The van der Waals surface area contributed by atoms with Gasteiger partial charge in [0.2, 0.25) is 0 Å². The molecule has 1 amide bonds. The van der Waals surface area contributed by atoms with Crippen LogP contribution in [0.2, 0.25) is 0 Å². The normalized spacial score (nSPS) is 19.3. The van der Waals surface area contributed by atoms with E-state index in [0.29, 0.717) is 18.5 Å². The van der Waals surface area contributed by atoms with Crippen LogP contribution in [0.5, 0.6) is 0 Å². The molecule has 0 spiro atoms. The first-order valence-corrected chi connectivity index (χ1v) is 7.39. The summed E-state index contributed by atoms with van der Waals surface area (Å²) in [6, 6.07) is 0.261. The lowest BCUT2D eigenvalue weighted by Gasteiger charge is -2.28. The minimum Gasteiger partial charge on any atom is -0.476 e. The summed E-state index contributed by atoms with van der Waals surface area (Å²) in [5.41, 5.74) is 1.50. The average Bonchev–Trinajstić information content (AvgIpc) is 2.87. The third kappa shape index (κ3) is 2.48. The van der Waals surface area contributed by atoms with Gasteiger partial charge < -0.3 is 15.1 Å². The topological polar surface area (TPSA) is 95.7 Å². The highest BCUT2D eigenvalue weighted by molar-refractivity contribution is 5.87. The zero-order chi connectivity index (χ0) is 15.0. The third-order valence-electron chi connectivity index (χ3n) is 4.48. The second-order valence-corrected chi connectivity index (χ2v) is 5.77. The Bertz CT molecular complexity index is 575. The number of aromatic nitrogens is 2. The second-order valence-electron chi connectivity index (χ2n) is 5.77. The van der Waals surface area contributed by atoms with Crippen LogP contribution in [0.4, 0.5) is 4.79 Å². The van der Waals surface area contributed by atoms with Crippen LogP contribution in [0.15, 0.2) is 0 Å². The first kappa shape index (κ1) is 13.9. The molecule has 7 heteroatoms. The van der Waals surface area contributed by atoms with Crippen LogP contribution in [0.1, 0.15) is 59.9 Å². The molecule has 1 fully saturated rings. The maximum absolute atomic E-state index is 11.4. The van der Waals surface area contributed by atoms with E-state index in [9.17, 15) is 14.7 Å². The van der Waals surface area contributed by atoms with Crippen molar-refractivity contribution in [2.45, 2.75) is 51.1 Å². The summed E-state index contributed by atoms with van der Waals surface area (Å²) in [7, 11) is 0. The molecule has 2 aliphatic rings. The van der Waals surface area contributed by atoms with E-state index >= 15 is 0 Å². The van der Waals surface area contributed by atoms with Gasteiger partial charge in [0, 0.05) is 24.2 Å². The third-order valence-corrected chi connectivity index (χ3v) is 4.48. The Labute approximate surface area is 122 Å². The number of aromatic carboxylic acids is 1. The Kier molecular flexibility index (Phi) is 3.57. The van der Waals surface area contributed by atoms with E-state index in [1.54, 1.807) is 0 Å². The van der Waals surface area contributed by atoms with Crippen molar-refractivity contribution in [2.24, 2.45) is 0 Å². The van der Waals surface area contributed by atoms with Crippen LogP contribution >= 0.6 is 0 Å². The quantitative estimate of drug-likeness (QED) is 0.870. The van der Waals surface area contributed by atoms with E-state index in [0.717, 1.165) is 31.4 Å². The van der Waals surface area contributed by atoms with Crippen molar-refractivity contribution in [3.05, 3.63) is 17.0 Å². The van der Waals surface area contributed by atoms with Crippen molar-refractivity contribution < 1.29 is 19.8 Å². The summed E-state index contributed by atoms with van der Waals surface area (Å²) in [5, 5.41) is 22.7. The standard InChI is InChI=1S/C14H19N3O4/c18-13(19)12-10-8-16(14(20)21)7-6-11(10)17(15-12)9-4-2-1-3-5-9/h9H,1-8H2,(H,18,19)(H,20,21). The molecule has 2 heterocycles. The molecular formula is C14H19N3O4. The fourth-order valence-electron chi connectivity index (χ4n) is 3.41. The van der Waals surface area contributed by atoms with Crippen molar-refractivity contribution in [2.75, 3.05) is 6.54 Å². The second kappa shape index (κ2) is 5.38. The van der Waals surface area contributed by atoms with Crippen molar-refractivity contribution >= 4 is 12.1 Å². The summed E-state index contributed by atoms with van der Waals surface area (Å²) >= 11 is 0. The molecule has 114 valence electrons. The Morgan fingerprint density at radius 3 is 2.48 bits per heavy atom. The van der Waals surface area contributed by atoms with Crippen molar-refractivity contribution in [1.82, 2.24) is 14.7 Å². The monoisotopic (exact) mass is 293 g/mol. The largest absolute Gasteiger partial charge is 0.476 e. The number of hydrogen-bond acceptors (Lipinski definition) is 3. The Morgan fingerprint density at radius 1 is 1.14 bits per heavy atom. The molecule has 1 aromatic rings. The van der Waals surface area contributed by atoms with Crippen LogP contribution in [0.3, 0.4) is 0 Å². The van der Waals surface area contributed by atoms with E-state index in [1.165, 1.54) is 11.3 Å². The number of carboxylic acids is 1. The molecule has 0 unspecified atom stereocenters. The van der Waals surface area contributed by atoms with Gasteiger partial charge in [0.05, 0.1) is 12.6 Å². The lowest BCUT2D eigenvalue weighted by molar-refractivity contribution is 0.0685. The number of amides is 1. The lowest BCUT2D eigenvalue weighted by atomic mass is 9.95. The molecule has 7 nitrogen and oxygen atoms in total.